The highest BCUT2D eigenvalue weighted by Crippen LogP contribution is 2.29. The summed E-state index contributed by atoms with van der Waals surface area (Å²) >= 11 is 0. The standard InChI is InChI=1S/C25H24F3N7O2/c26-25(27,28)19-14-17(8-9-30-23(19)29)21-15-32-22-7-6-20(33-35(21)22)16-2-4-18(5-3-16)37-13-1-11-34-12-10-31-24(34)36/h2-7,9,14-15,29,33H,1,8,10-13H2,(H,31,36)/b21-17+,29-23?. The summed E-state index contributed by atoms with van der Waals surface area (Å²) in [6.07, 6.45) is 3.53. The molecule has 0 unspecified atom stereocenters. The predicted octanol–water partition coefficient (Wildman–Crippen LogP) is 2.15. The van der Waals surface area contributed by atoms with Gasteiger partial charge in [-0.1, -0.05) is 0 Å². The normalized spacial score (nSPS) is 18.8. The summed E-state index contributed by atoms with van der Waals surface area (Å²) in [7, 11) is 0. The van der Waals surface area contributed by atoms with Crippen molar-refractivity contribution in [3.05, 3.63) is 64.6 Å². The van der Waals surface area contributed by atoms with Gasteiger partial charge in [-0.15, -0.1) is 0 Å². The molecule has 9 nitrogen and oxygen atoms in total. The summed E-state index contributed by atoms with van der Waals surface area (Å²) in [5.74, 6) is -0.121. The Labute approximate surface area is 209 Å². The summed E-state index contributed by atoms with van der Waals surface area (Å²) < 4.78 is 47.8. The number of aliphatic imine (C=N–C) groups is 1. The Bertz CT molecular complexity index is 1440. The van der Waals surface area contributed by atoms with Crippen LogP contribution in [0.4, 0.5) is 18.0 Å². The largest absolute Gasteiger partial charge is 0.494 e. The number of urea groups is 1. The van der Waals surface area contributed by atoms with Crippen molar-refractivity contribution in [3.63, 3.8) is 0 Å². The lowest BCUT2D eigenvalue weighted by Crippen LogP contribution is -2.37. The molecule has 192 valence electrons. The number of nitrogens with zero attached hydrogens (tertiary/aromatic N) is 4. The van der Waals surface area contributed by atoms with Gasteiger partial charge in [0, 0.05) is 32.3 Å². The van der Waals surface area contributed by atoms with E-state index in [9.17, 15) is 18.0 Å². The fourth-order valence-electron chi connectivity index (χ4n) is 4.21. The Balaban J connectivity index is 1.30. The molecule has 3 aliphatic rings. The first-order chi connectivity index (χ1) is 17.8. The number of allylic oxidation sites excluding steroid dienone is 2. The van der Waals surface area contributed by atoms with Crippen LogP contribution in [0.5, 0.6) is 5.75 Å². The predicted molar refractivity (Wildman–Crippen MR) is 133 cm³/mol. The van der Waals surface area contributed by atoms with Crippen LogP contribution in [-0.4, -0.2) is 65.1 Å². The van der Waals surface area contributed by atoms with Gasteiger partial charge in [0.1, 0.15) is 5.75 Å². The van der Waals surface area contributed by atoms with Crippen molar-refractivity contribution in [2.24, 2.45) is 4.99 Å². The van der Waals surface area contributed by atoms with Gasteiger partial charge < -0.3 is 15.0 Å². The molecular weight excluding hydrogens is 487 g/mol. The van der Waals surface area contributed by atoms with Gasteiger partial charge >= 0.3 is 12.2 Å². The summed E-state index contributed by atoms with van der Waals surface area (Å²) in [6, 6.07) is 7.40. The van der Waals surface area contributed by atoms with Crippen molar-refractivity contribution in [2.75, 3.05) is 31.7 Å². The SMILES string of the molecule is N=C1N=CC/C(=c2/cnc3n2NC(c2ccc(OCCCN4CCNC4=O)cc2)=CC=3)C=C1C(F)(F)F. The fourth-order valence-corrected chi connectivity index (χ4v) is 4.21. The third kappa shape index (κ3) is 5.27. The average molecular weight is 512 g/mol. The minimum Gasteiger partial charge on any atom is -0.494 e. The quantitative estimate of drug-likeness (QED) is 0.517. The first kappa shape index (κ1) is 24.3. The number of carbonyl (C=O) groups excluding carboxylic acids is 1. The number of benzene rings is 1. The average Bonchev–Trinajstić information content (AvgIpc) is 3.43. The third-order valence-corrected chi connectivity index (χ3v) is 6.11. The zero-order chi connectivity index (χ0) is 26.0. The molecule has 3 N–H and O–H groups in total. The number of amides is 2. The molecule has 3 aliphatic heterocycles. The second-order valence-corrected chi connectivity index (χ2v) is 8.59. The summed E-state index contributed by atoms with van der Waals surface area (Å²) in [4.78, 5) is 21.2. The minimum atomic E-state index is -4.69. The third-order valence-electron chi connectivity index (χ3n) is 6.11. The maximum atomic E-state index is 13.4. The van der Waals surface area contributed by atoms with Gasteiger partial charge in [0.2, 0.25) is 0 Å². The molecule has 2 amide bonds. The highest BCUT2D eigenvalue weighted by atomic mass is 19.4. The Morgan fingerprint density at radius 2 is 1.97 bits per heavy atom. The van der Waals surface area contributed by atoms with E-state index in [0.717, 1.165) is 23.8 Å². The smallest absolute Gasteiger partial charge is 0.420 e. The van der Waals surface area contributed by atoms with Gasteiger partial charge in [-0.2, -0.15) is 13.2 Å². The topological polar surface area (TPSA) is 108 Å². The molecule has 2 aromatic rings. The van der Waals surface area contributed by atoms with Crippen molar-refractivity contribution in [1.29, 1.82) is 5.41 Å². The second kappa shape index (κ2) is 9.96. The number of carbonyl (C=O) groups is 1. The van der Waals surface area contributed by atoms with Crippen LogP contribution >= 0.6 is 0 Å². The van der Waals surface area contributed by atoms with Gasteiger partial charge in [0.15, 0.2) is 11.3 Å². The first-order valence-corrected chi connectivity index (χ1v) is 11.7. The van der Waals surface area contributed by atoms with E-state index in [-0.39, 0.29) is 12.5 Å². The number of fused-ring (bicyclic) bond motifs is 1. The fraction of sp³-hybridized carbons (Fsp3) is 0.280. The number of hydrogen-bond acceptors (Lipinski definition) is 5. The number of amidine groups is 1. The maximum absolute atomic E-state index is 13.4. The Kier molecular flexibility index (Phi) is 6.55. The number of nitrogens with one attached hydrogen (secondary N) is 3. The van der Waals surface area contributed by atoms with E-state index in [1.807, 2.05) is 30.3 Å². The van der Waals surface area contributed by atoms with Crippen molar-refractivity contribution >= 4 is 35.4 Å². The molecule has 1 saturated heterocycles. The Morgan fingerprint density at radius 3 is 2.70 bits per heavy atom. The van der Waals surface area contributed by atoms with Gasteiger partial charge in [-0.25, -0.2) is 19.4 Å². The van der Waals surface area contributed by atoms with Gasteiger partial charge in [0.25, 0.3) is 0 Å². The zero-order valence-electron chi connectivity index (χ0n) is 19.7. The molecule has 0 saturated carbocycles. The van der Waals surface area contributed by atoms with Crippen molar-refractivity contribution in [2.45, 2.75) is 19.0 Å². The highest BCUT2D eigenvalue weighted by molar-refractivity contribution is 6.05. The van der Waals surface area contributed by atoms with E-state index in [0.29, 0.717) is 48.4 Å². The van der Waals surface area contributed by atoms with Crippen molar-refractivity contribution in [1.82, 2.24) is 19.9 Å². The van der Waals surface area contributed by atoms with Gasteiger partial charge in [-0.05, 0) is 60.1 Å². The number of alkyl halides is 3. The molecule has 0 radical (unpaired) electrons. The minimum absolute atomic E-state index is 0.0412. The first-order valence-electron chi connectivity index (χ1n) is 11.7. The Hall–Kier alpha value is -4.35. The van der Waals surface area contributed by atoms with E-state index in [2.05, 4.69) is 20.7 Å². The second-order valence-electron chi connectivity index (χ2n) is 8.59. The number of aromatic nitrogens is 2. The molecule has 0 spiro atoms. The van der Waals surface area contributed by atoms with Crippen LogP contribution in [0, 0.1) is 5.41 Å². The van der Waals surface area contributed by atoms with Crippen LogP contribution in [0.3, 0.4) is 0 Å². The zero-order valence-corrected chi connectivity index (χ0v) is 19.7. The summed E-state index contributed by atoms with van der Waals surface area (Å²) in [5.41, 5.74) is 4.59. The molecule has 12 heteroatoms. The van der Waals surface area contributed by atoms with Gasteiger partial charge in [-0.3, -0.25) is 10.8 Å². The van der Waals surface area contributed by atoms with Crippen LogP contribution in [-0.2, 0) is 0 Å². The van der Waals surface area contributed by atoms with Crippen LogP contribution in [0.25, 0.3) is 17.3 Å². The maximum Gasteiger partial charge on any atom is 0.420 e. The van der Waals surface area contributed by atoms with E-state index in [4.69, 9.17) is 10.1 Å². The molecule has 5 rings (SSSR count). The molecule has 1 fully saturated rings. The lowest BCUT2D eigenvalue weighted by atomic mass is 10.1. The monoisotopic (exact) mass is 511 g/mol. The molecule has 0 bridgehead atoms. The number of ether oxygens (including phenoxy) is 1. The van der Waals surface area contributed by atoms with E-state index in [1.54, 1.807) is 15.7 Å². The Morgan fingerprint density at radius 1 is 1.16 bits per heavy atom. The van der Waals surface area contributed by atoms with Crippen LogP contribution in [0.15, 0.2) is 53.2 Å². The molecule has 0 aliphatic carbocycles. The van der Waals surface area contributed by atoms with Crippen LogP contribution in [0.1, 0.15) is 18.4 Å². The van der Waals surface area contributed by atoms with Crippen molar-refractivity contribution in [3.8, 4) is 5.75 Å². The molecule has 1 aromatic heterocycles. The van der Waals surface area contributed by atoms with E-state index < -0.39 is 17.6 Å². The van der Waals surface area contributed by atoms with Crippen molar-refractivity contribution < 1.29 is 22.7 Å². The number of imidazole rings is 1. The molecule has 37 heavy (non-hydrogen) atoms. The van der Waals surface area contributed by atoms with E-state index >= 15 is 0 Å². The number of halogens is 3. The van der Waals surface area contributed by atoms with Gasteiger partial charge in [0.05, 0.1) is 29.4 Å². The molecular formula is C25H24F3N7O2. The summed E-state index contributed by atoms with van der Waals surface area (Å²) in [6.45, 7) is 2.50. The van der Waals surface area contributed by atoms with E-state index in [1.165, 1.54) is 12.4 Å². The molecule has 0 atom stereocenters. The van der Waals surface area contributed by atoms with Crippen LogP contribution < -0.4 is 26.3 Å². The summed E-state index contributed by atoms with van der Waals surface area (Å²) in [5, 5.41) is 10.8. The lowest BCUT2D eigenvalue weighted by molar-refractivity contribution is -0.0861. The number of hydrogen-bond donors (Lipinski definition) is 3. The molecule has 1 aromatic carbocycles. The number of rotatable bonds is 6. The highest BCUT2D eigenvalue weighted by Gasteiger charge is 2.37. The van der Waals surface area contributed by atoms with Crippen LogP contribution in [0.2, 0.25) is 0 Å². The molecule has 4 heterocycles. The lowest BCUT2D eigenvalue weighted by Gasteiger charge is -2.17.